The van der Waals surface area contributed by atoms with Gasteiger partial charge >= 0.3 is 0 Å². The number of nitrogens with zero attached hydrogens (tertiary/aromatic N) is 1. The van der Waals surface area contributed by atoms with Crippen molar-refractivity contribution in [2.45, 2.75) is 33.1 Å². The molecule has 0 radical (unpaired) electrons. The van der Waals surface area contributed by atoms with E-state index >= 15 is 0 Å². The van der Waals surface area contributed by atoms with Crippen molar-refractivity contribution in [3.63, 3.8) is 0 Å². The van der Waals surface area contributed by atoms with Gasteiger partial charge < -0.3 is 10.4 Å². The Morgan fingerprint density at radius 1 is 0.941 bits per heavy atom. The van der Waals surface area contributed by atoms with Crippen molar-refractivity contribution in [2.75, 3.05) is 11.7 Å². The van der Waals surface area contributed by atoms with Gasteiger partial charge in [-0.25, -0.2) is 8.42 Å². The Hall–Kier alpha value is -3.49. The van der Waals surface area contributed by atoms with Crippen molar-refractivity contribution in [3.8, 4) is 22.3 Å². The third-order valence-electron chi connectivity index (χ3n) is 5.66. The van der Waals surface area contributed by atoms with E-state index in [4.69, 9.17) is 4.98 Å². The van der Waals surface area contributed by atoms with E-state index in [1.807, 2.05) is 31.2 Å². The van der Waals surface area contributed by atoms with Crippen LogP contribution in [0, 0.1) is 6.92 Å². The van der Waals surface area contributed by atoms with Crippen LogP contribution in [0.25, 0.3) is 33.2 Å². The normalized spacial score (nSPS) is 12.1. The molecule has 0 amide bonds. The van der Waals surface area contributed by atoms with Gasteiger partial charge in [0.2, 0.25) is 10.0 Å². The molecule has 7 nitrogen and oxygen atoms in total. The van der Waals surface area contributed by atoms with Crippen LogP contribution in [0.5, 0.6) is 0 Å². The number of H-pyrrole nitrogens is 1. The first-order valence-corrected chi connectivity index (χ1v) is 12.8. The van der Waals surface area contributed by atoms with Crippen LogP contribution in [0.4, 0.5) is 5.69 Å². The molecule has 0 saturated carbocycles. The van der Waals surface area contributed by atoms with E-state index in [0.717, 1.165) is 45.1 Å². The Morgan fingerprint density at radius 3 is 2.26 bits per heavy atom. The van der Waals surface area contributed by atoms with Crippen molar-refractivity contribution in [1.29, 1.82) is 0 Å². The number of hydrazine groups is 1. The van der Waals surface area contributed by atoms with Gasteiger partial charge in [0.05, 0.1) is 11.8 Å². The van der Waals surface area contributed by atoms with Gasteiger partial charge in [0, 0.05) is 39.7 Å². The smallest absolute Gasteiger partial charge is 0.255 e. The van der Waals surface area contributed by atoms with Gasteiger partial charge in [-0.1, -0.05) is 32.9 Å². The van der Waals surface area contributed by atoms with Gasteiger partial charge in [-0.2, -0.15) is 0 Å². The molecule has 0 fully saturated rings. The number of rotatable bonds is 5. The zero-order valence-electron chi connectivity index (χ0n) is 19.9. The first kappa shape index (κ1) is 23.7. The van der Waals surface area contributed by atoms with Crippen molar-refractivity contribution >= 4 is 26.6 Å². The number of aromatic nitrogens is 2. The number of hydrogen-bond donors (Lipinski definition) is 3. The quantitative estimate of drug-likeness (QED) is 0.361. The van der Waals surface area contributed by atoms with E-state index in [9.17, 15) is 13.2 Å². The van der Waals surface area contributed by atoms with E-state index in [1.54, 1.807) is 18.3 Å². The zero-order chi connectivity index (χ0) is 24.7. The summed E-state index contributed by atoms with van der Waals surface area (Å²) in [5, 5.41) is 0.951. The molecule has 0 aliphatic rings. The largest absolute Gasteiger partial charge is 0.329 e. The van der Waals surface area contributed by atoms with Gasteiger partial charge in [0.15, 0.2) is 0 Å². The number of anilines is 1. The number of aryl methyl sites for hydroxylation is 1. The Morgan fingerprint density at radius 2 is 1.65 bits per heavy atom. The van der Waals surface area contributed by atoms with Crippen LogP contribution in [0.15, 0.2) is 65.6 Å². The fraction of sp³-hybridized carbons (Fsp3) is 0.231. The highest BCUT2D eigenvalue weighted by molar-refractivity contribution is 7.88. The molecule has 0 aliphatic carbocycles. The summed E-state index contributed by atoms with van der Waals surface area (Å²) in [7, 11) is -3.36. The van der Waals surface area contributed by atoms with E-state index in [-0.39, 0.29) is 11.0 Å². The number of nitrogens with one attached hydrogen (secondary N) is 3. The van der Waals surface area contributed by atoms with E-state index < -0.39 is 10.0 Å². The van der Waals surface area contributed by atoms with Crippen molar-refractivity contribution in [3.05, 3.63) is 82.4 Å². The van der Waals surface area contributed by atoms with Crippen molar-refractivity contribution in [1.82, 2.24) is 14.8 Å². The topological polar surface area (TPSA) is 104 Å². The molecular weight excluding hydrogens is 448 g/mol. The number of fused-ring (bicyclic) bond motifs is 1. The molecule has 0 aliphatic heterocycles. The molecule has 34 heavy (non-hydrogen) atoms. The van der Waals surface area contributed by atoms with E-state index in [0.29, 0.717) is 11.3 Å². The van der Waals surface area contributed by atoms with Gasteiger partial charge in [0.1, 0.15) is 0 Å². The molecular formula is C26H28N4O3S. The second-order valence-corrected chi connectivity index (χ2v) is 11.2. The van der Waals surface area contributed by atoms with Crippen LogP contribution >= 0.6 is 0 Å². The Kier molecular flexibility index (Phi) is 6.05. The van der Waals surface area contributed by atoms with Crippen LogP contribution in [-0.4, -0.2) is 24.6 Å². The Labute approximate surface area is 199 Å². The lowest BCUT2D eigenvalue weighted by Gasteiger charge is -2.22. The summed E-state index contributed by atoms with van der Waals surface area (Å²) in [5.41, 5.74) is 9.09. The summed E-state index contributed by atoms with van der Waals surface area (Å²) >= 11 is 0. The average molecular weight is 477 g/mol. The molecule has 0 unspecified atom stereocenters. The maximum absolute atomic E-state index is 12.6. The number of aromatic amines is 1. The monoisotopic (exact) mass is 476 g/mol. The molecule has 2 heterocycles. The summed E-state index contributed by atoms with van der Waals surface area (Å²) < 4.78 is 22.6. The molecule has 3 N–H and O–H groups in total. The molecule has 4 aromatic rings. The van der Waals surface area contributed by atoms with Gasteiger partial charge in [-0.3, -0.25) is 9.78 Å². The maximum Gasteiger partial charge on any atom is 0.255 e. The Balaban J connectivity index is 1.86. The predicted octanol–water partition coefficient (Wildman–Crippen LogP) is 4.74. The molecule has 0 saturated heterocycles. The summed E-state index contributed by atoms with van der Waals surface area (Å²) in [6, 6.07) is 17.4. The van der Waals surface area contributed by atoms with Gasteiger partial charge in [0.25, 0.3) is 5.56 Å². The summed E-state index contributed by atoms with van der Waals surface area (Å²) in [4.78, 5) is 22.6. The highest BCUT2D eigenvalue weighted by Crippen LogP contribution is 2.35. The highest BCUT2D eigenvalue weighted by Gasteiger charge is 2.19. The van der Waals surface area contributed by atoms with Gasteiger partial charge in [-0.05, 0) is 65.9 Å². The number of benzene rings is 2. The predicted molar refractivity (Wildman–Crippen MR) is 138 cm³/mol. The van der Waals surface area contributed by atoms with Crippen LogP contribution in [0.3, 0.4) is 0 Å². The molecule has 0 bridgehead atoms. The first-order chi connectivity index (χ1) is 15.9. The standard InChI is InChI=1S/C26H28N4O3S/c1-16-22(17-8-10-20(11-9-17)29-30-34(5,32)33)14-18-13-19(26(2,3)4)15-23(24(18)28-16)21-7-6-12-27-25(21)31/h6-15,29-30H,1-5H3,(H,27,31). The number of pyridine rings is 2. The summed E-state index contributed by atoms with van der Waals surface area (Å²) in [6.45, 7) is 8.38. The summed E-state index contributed by atoms with van der Waals surface area (Å²) in [5.74, 6) is 0. The molecule has 176 valence electrons. The molecule has 2 aromatic heterocycles. The lowest BCUT2D eigenvalue weighted by molar-refractivity contribution is 0.591. The zero-order valence-corrected chi connectivity index (χ0v) is 20.7. The van der Waals surface area contributed by atoms with Gasteiger partial charge in [-0.15, -0.1) is 4.83 Å². The fourth-order valence-corrected chi connectivity index (χ4v) is 4.13. The molecule has 0 spiro atoms. The average Bonchev–Trinajstić information content (AvgIpc) is 2.76. The second-order valence-electron chi connectivity index (χ2n) is 9.46. The Bertz CT molecular complexity index is 1530. The number of sulfonamides is 1. The summed E-state index contributed by atoms with van der Waals surface area (Å²) in [6.07, 6.45) is 2.71. The molecule has 2 aromatic carbocycles. The van der Waals surface area contributed by atoms with Crippen molar-refractivity contribution in [2.24, 2.45) is 0 Å². The maximum atomic E-state index is 12.6. The first-order valence-electron chi connectivity index (χ1n) is 10.9. The van der Waals surface area contributed by atoms with Crippen LogP contribution in [-0.2, 0) is 15.4 Å². The fourth-order valence-electron chi connectivity index (χ4n) is 3.83. The molecule has 0 atom stereocenters. The third-order valence-corrected chi connectivity index (χ3v) is 6.13. The molecule has 8 heteroatoms. The van der Waals surface area contributed by atoms with Crippen LogP contribution in [0.2, 0.25) is 0 Å². The highest BCUT2D eigenvalue weighted by atomic mass is 32.2. The minimum Gasteiger partial charge on any atom is -0.329 e. The lowest BCUT2D eigenvalue weighted by Crippen LogP contribution is -2.27. The SMILES string of the molecule is Cc1nc2c(-c3ccc[nH]c3=O)cc(C(C)(C)C)cc2cc1-c1ccc(NNS(C)(=O)=O)cc1. The number of hydrogen-bond acceptors (Lipinski definition) is 5. The third kappa shape index (κ3) is 5.03. The van der Waals surface area contributed by atoms with Crippen LogP contribution < -0.4 is 15.8 Å². The van der Waals surface area contributed by atoms with E-state index in [2.05, 4.69) is 54.2 Å². The lowest BCUT2D eigenvalue weighted by atomic mass is 9.84. The minimum atomic E-state index is -3.36. The van der Waals surface area contributed by atoms with Crippen LogP contribution in [0.1, 0.15) is 32.0 Å². The van der Waals surface area contributed by atoms with Crippen molar-refractivity contribution < 1.29 is 8.42 Å². The minimum absolute atomic E-state index is 0.116. The second kappa shape index (κ2) is 8.70. The molecule has 4 rings (SSSR count). The van der Waals surface area contributed by atoms with E-state index in [1.165, 1.54) is 0 Å².